The molecule has 1 aromatic carbocycles. The summed E-state index contributed by atoms with van der Waals surface area (Å²) < 4.78 is 0. The van der Waals surface area contributed by atoms with Gasteiger partial charge in [0, 0.05) is 4.90 Å². The lowest BCUT2D eigenvalue weighted by atomic mass is 10.3. The first-order chi connectivity index (χ1) is 5.81. The number of imidazole rings is 1. The van der Waals surface area contributed by atoms with E-state index in [0.717, 1.165) is 21.0 Å². The third-order valence-corrected chi connectivity index (χ3v) is 2.90. The number of thioether (sulfide) groups is 1. The molecule has 12 heavy (non-hydrogen) atoms. The van der Waals surface area contributed by atoms with Crippen LogP contribution in [-0.2, 0) is 0 Å². The number of nitrogens with zero attached hydrogens (tertiary/aromatic N) is 1. The third kappa shape index (κ3) is 1.19. The Morgan fingerprint density at radius 1 is 1.50 bits per heavy atom. The minimum Gasteiger partial charge on any atom is -0.345 e. The average molecular weight is 199 g/mol. The molecule has 0 bridgehead atoms. The number of hydrogen-bond acceptors (Lipinski definition) is 2. The second kappa shape index (κ2) is 2.99. The van der Waals surface area contributed by atoms with E-state index in [2.05, 4.69) is 9.97 Å². The Labute approximate surface area is 79.3 Å². The van der Waals surface area contributed by atoms with E-state index in [9.17, 15) is 0 Å². The van der Waals surface area contributed by atoms with Gasteiger partial charge in [0.1, 0.15) is 0 Å². The predicted molar refractivity (Wildman–Crippen MR) is 52.9 cm³/mol. The lowest BCUT2D eigenvalue weighted by Gasteiger charge is -1.98. The van der Waals surface area contributed by atoms with Crippen LogP contribution in [0.4, 0.5) is 0 Å². The zero-order valence-corrected chi connectivity index (χ0v) is 8.04. The quantitative estimate of drug-likeness (QED) is 0.714. The molecule has 0 amide bonds. The van der Waals surface area contributed by atoms with E-state index >= 15 is 0 Å². The van der Waals surface area contributed by atoms with E-state index in [1.807, 2.05) is 18.4 Å². The van der Waals surface area contributed by atoms with Crippen LogP contribution < -0.4 is 0 Å². The van der Waals surface area contributed by atoms with Crippen LogP contribution in [0.5, 0.6) is 0 Å². The topological polar surface area (TPSA) is 28.7 Å². The zero-order chi connectivity index (χ0) is 8.55. The second-order valence-corrected chi connectivity index (χ2v) is 3.66. The van der Waals surface area contributed by atoms with Crippen LogP contribution in [0.3, 0.4) is 0 Å². The first-order valence-corrected chi connectivity index (χ1v) is 5.08. The minimum absolute atomic E-state index is 0.766. The fraction of sp³-hybridized carbons (Fsp3) is 0.125. The number of rotatable bonds is 1. The fourth-order valence-corrected chi connectivity index (χ4v) is 1.97. The molecule has 0 radical (unpaired) electrons. The molecule has 0 aliphatic rings. The molecule has 1 aromatic heterocycles. The van der Waals surface area contributed by atoms with Crippen LogP contribution in [0.25, 0.3) is 11.0 Å². The van der Waals surface area contributed by atoms with Gasteiger partial charge in [-0.3, -0.25) is 0 Å². The Hall–Kier alpha value is -0.670. The molecule has 62 valence electrons. The second-order valence-electron chi connectivity index (χ2n) is 2.41. The highest BCUT2D eigenvalue weighted by Gasteiger charge is 2.02. The molecule has 0 aliphatic carbocycles. The van der Waals surface area contributed by atoms with Gasteiger partial charge >= 0.3 is 0 Å². The smallest absolute Gasteiger partial charge is 0.0931 e. The van der Waals surface area contributed by atoms with Crippen molar-refractivity contribution < 1.29 is 0 Å². The Balaban J connectivity index is 2.73. The van der Waals surface area contributed by atoms with Crippen LogP contribution in [0, 0.1) is 0 Å². The van der Waals surface area contributed by atoms with Crippen LogP contribution >= 0.6 is 23.4 Å². The number of H-pyrrole nitrogens is 1. The summed E-state index contributed by atoms with van der Waals surface area (Å²) in [7, 11) is 0. The zero-order valence-electron chi connectivity index (χ0n) is 6.47. The van der Waals surface area contributed by atoms with E-state index in [0.29, 0.717) is 0 Å². The van der Waals surface area contributed by atoms with Gasteiger partial charge in [0.2, 0.25) is 0 Å². The first-order valence-electron chi connectivity index (χ1n) is 3.48. The van der Waals surface area contributed by atoms with Gasteiger partial charge in [0.15, 0.2) is 0 Å². The van der Waals surface area contributed by atoms with E-state index < -0.39 is 0 Å². The molecule has 4 heteroatoms. The first kappa shape index (κ1) is 7.95. The number of fused-ring (bicyclic) bond motifs is 1. The Bertz CT molecular complexity index is 410. The maximum Gasteiger partial charge on any atom is 0.0931 e. The normalized spacial score (nSPS) is 10.8. The molecule has 1 heterocycles. The molecule has 1 N–H and O–H groups in total. The van der Waals surface area contributed by atoms with Gasteiger partial charge in [-0.15, -0.1) is 11.8 Å². The van der Waals surface area contributed by atoms with Crippen LogP contribution in [0.15, 0.2) is 23.4 Å². The lowest BCUT2D eigenvalue weighted by Crippen LogP contribution is -1.75. The van der Waals surface area contributed by atoms with E-state index in [4.69, 9.17) is 11.6 Å². The number of halogens is 1. The highest BCUT2D eigenvalue weighted by molar-refractivity contribution is 7.98. The summed E-state index contributed by atoms with van der Waals surface area (Å²) in [4.78, 5) is 8.22. The highest BCUT2D eigenvalue weighted by Crippen LogP contribution is 2.28. The molecule has 0 spiro atoms. The van der Waals surface area contributed by atoms with E-state index in [-0.39, 0.29) is 0 Å². The molecule has 2 aromatic rings. The molecule has 0 aliphatic heterocycles. The summed E-state index contributed by atoms with van der Waals surface area (Å²) in [5.74, 6) is 0. The number of hydrogen-bond donors (Lipinski definition) is 1. The van der Waals surface area contributed by atoms with Gasteiger partial charge < -0.3 is 4.98 Å². The molecule has 0 fully saturated rings. The summed E-state index contributed by atoms with van der Waals surface area (Å²) >= 11 is 7.62. The summed E-state index contributed by atoms with van der Waals surface area (Å²) in [5.41, 5.74) is 1.95. The highest BCUT2D eigenvalue weighted by atomic mass is 35.5. The largest absolute Gasteiger partial charge is 0.345 e. The molecular weight excluding hydrogens is 192 g/mol. The molecule has 2 rings (SSSR count). The van der Waals surface area contributed by atoms with Crippen LogP contribution in [0.1, 0.15) is 0 Å². The Kier molecular flexibility index (Phi) is 1.98. The summed E-state index contributed by atoms with van der Waals surface area (Å²) in [6.45, 7) is 0. The van der Waals surface area contributed by atoms with Gasteiger partial charge in [0.05, 0.1) is 22.4 Å². The summed E-state index contributed by atoms with van der Waals surface area (Å²) in [5, 5.41) is 0.766. The van der Waals surface area contributed by atoms with Crippen molar-refractivity contribution in [3.8, 4) is 0 Å². The monoisotopic (exact) mass is 198 g/mol. The number of benzene rings is 1. The fourth-order valence-electron chi connectivity index (χ4n) is 1.09. The van der Waals surface area contributed by atoms with E-state index in [1.165, 1.54) is 0 Å². The minimum atomic E-state index is 0.766. The van der Waals surface area contributed by atoms with Crippen molar-refractivity contribution in [2.24, 2.45) is 0 Å². The van der Waals surface area contributed by atoms with Crippen molar-refractivity contribution in [1.29, 1.82) is 0 Å². The number of nitrogens with one attached hydrogen (secondary N) is 1. The van der Waals surface area contributed by atoms with Crippen molar-refractivity contribution in [2.45, 2.75) is 4.90 Å². The maximum absolute atomic E-state index is 5.99. The van der Waals surface area contributed by atoms with Crippen LogP contribution in [0.2, 0.25) is 5.02 Å². The summed E-state index contributed by atoms with van der Waals surface area (Å²) in [6, 6.07) is 3.88. The number of aromatic nitrogens is 2. The van der Waals surface area contributed by atoms with Gasteiger partial charge in [0.25, 0.3) is 0 Å². The van der Waals surface area contributed by atoms with Crippen molar-refractivity contribution in [2.75, 3.05) is 6.26 Å². The van der Waals surface area contributed by atoms with E-state index in [1.54, 1.807) is 18.1 Å². The Morgan fingerprint density at radius 2 is 2.33 bits per heavy atom. The molecule has 0 saturated heterocycles. The van der Waals surface area contributed by atoms with Gasteiger partial charge in [-0.05, 0) is 18.4 Å². The lowest BCUT2D eigenvalue weighted by molar-refractivity contribution is 1.34. The summed E-state index contributed by atoms with van der Waals surface area (Å²) in [6.07, 6.45) is 3.68. The van der Waals surface area contributed by atoms with Crippen LogP contribution in [-0.4, -0.2) is 16.2 Å². The average Bonchev–Trinajstić information content (AvgIpc) is 2.49. The molecular formula is C8H7ClN2S. The third-order valence-electron chi connectivity index (χ3n) is 1.69. The predicted octanol–water partition coefficient (Wildman–Crippen LogP) is 2.94. The van der Waals surface area contributed by atoms with Crippen molar-refractivity contribution in [1.82, 2.24) is 9.97 Å². The Morgan fingerprint density at radius 3 is 3.08 bits per heavy atom. The SMILES string of the molecule is CSc1cc2[nH]cnc2cc1Cl. The van der Waals surface area contributed by atoms with Gasteiger partial charge in [-0.2, -0.15) is 0 Å². The molecule has 2 nitrogen and oxygen atoms in total. The van der Waals surface area contributed by atoms with Gasteiger partial charge in [-0.25, -0.2) is 4.98 Å². The van der Waals surface area contributed by atoms with Gasteiger partial charge in [-0.1, -0.05) is 11.6 Å². The molecule has 0 unspecified atom stereocenters. The molecule has 0 atom stereocenters. The van der Waals surface area contributed by atoms with Crippen molar-refractivity contribution in [3.05, 3.63) is 23.5 Å². The van der Waals surface area contributed by atoms with Crippen molar-refractivity contribution in [3.63, 3.8) is 0 Å². The van der Waals surface area contributed by atoms with Crippen molar-refractivity contribution >= 4 is 34.4 Å². The maximum atomic E-state index is 5.99. The molecule has 0 saturated carbocycles. The number of aromatic amines is 1. The standard InChI is InChI=1S/C8H7ClN2S/c1-12-8-3-7-6(2-5(8)9)10-4-11-7/h2-4H,1H3,(H,10,11).